The molecule has 134 valence electrons. The molecule has 0 saturated heterocycles. The summed E-state index contributed by atoms with van der Waals surface area (Å²) in [5.74, 6) is 0.255. The molecule has 0 aliphatic rings. The van der Waals surface area contributed by atoms with Gasteiger partial charge in [-0.05, 0) is 43.2 Å². The molecule has 0 aliphatic carbocycles. The second-order valence-corrected chi connectivity index (χ2v) is 7.25. The van der Waals surface area contributed by atoms with Crippen molar-refractivity contribution in [3.8, 4) is 6.07 Å². The van der Waals surface area contributed by atoms with Gasteiger partial charge in [0.2, 0.25) is 0 Å². The van der Waals surface area contributed by atoms with Gasteiger partial charge in [0.1, 0.15) is 11.6 Å². The number of aromatic amines is 1. The number of aromatic nitrogens is 2. The van der Waals surface area contributed by atoms with Crippen LogP contribution >= 0.6 is 11.3 Å². The smallest absolute Gasteiger partial charge is 0.261 e. The molecule has 0 atom stereocenters. The Morgan fingerprint density at radius 2 is 2.15 bits per heavy atom. The Balaban J connectivity index is 1.44. The van der Waals surface area contributed by atoms with Crippen LogP contribution in [0.3, 0.4) is 0 Å². The van der Waals surface area contributed by atoms with Gasteiger partial charge in [0.05, 0.1) is 10.6 Å². The molecule has 0 radical (unpaired) electrons. The van der Waals surface area contributed by atoms with Crippen LogP contribution in [-0.2, 0) is 6.42 Å². The minimum atomic E-state index is -0.00296. The van der Waals surface area contributed by atoms with Crippen LogP contribution in [0.25, 0.3) is 10.1 Å². The second-order valence-electron chi connectivity index (χ2n) is 6.19. The Hall–Kier alpha value is -2.85. The Labute approximate surface area is 156 Å². The number of benzene rings is 1. The molecule has 0 unspecified atom stereocenters. The first-order valence-electron chi connectivity index (χ1n) is 8.61. The second kappa shape index (κ2) is 8.02. The van der Waals surface area contributed by atoms with E-state index in [0.717, 1.165) is 51.9 Å². The van der Waals surface area contributed by atoms with Gasteiger partial charge < -0.3 is 11.1 Å². The molecule has 7 heteroatoms. The maximum absolute atomic E-state index is 12.4. The molecule has 3 aromatic rings. The number of aryl methyl sites for hydroxylation is 2. The largest absolute Gasteiger partial charge is 0.381 e. The number of nitrogens with zero attached hydrogens (tertiary/aromatic N) is 2. The monoisotopic (exact) mass is 367 g/mol. The summed E-state index contributed by atoms with van der Waals surface area (Å²) in [5, 5.41) is 19.9. The number of carbonyl (C=O) groups is 1. The third-order valence-corrected chi connectivity index (χ3v) is 5.69. The number of hydrogen-bond donors (Lipinski definition) is 3. The highest BCUT2D eigenvalue weighted by molar-refractivity contribution is 7.21. The van der Waals surface area contributed by atoms with Crippen LogP contribution in [0.2, 0.25) is 0 Å². The highest BCUT2D eigenvalue weighted by Crippen LogP contribution is 2.30. The van der Waals surface area contributed by atoms with Gasteiger partial charge in [-0.2, -0.15) is 10.4 Å². The molecule has 2 aromatic heterocycles. The van der Waals surface area contributed by atoms with E-state index in [1.165, 1.54) is 11.3 Å². The lowest BCUT2D eigenvalue weighted by Gasteiger charge is -2.04. The van der Waals surface area contributed by atoms with Crippen LogP contribution in [0.1, 0.15) is 45.8 Å². The highest BCUT2D eigenvalue weighted by atomic mass is 32.1. The Kier molecular flexibility index (Phi) is 5.54. The summed E-state index contributed by atoms with van der Waals surface area (Å²) in [7, 11) is 0. The number of nitrogen functional groups attached to an aromatic ring is 1. The number of nitrogens with two attached hydrogens (primary N) is 1. The maximum Gasteiger partial charge on any atom is 0.261 e. The van der Waals surface area contributed by atoms with Crippen molar-refractivity contribution in [3.05, 3.63) is 46.0 Å². The molecular formula is C19H21N5OS. The number of hydrogen-bond acceptors (Lipinski definition) is 5. The van der Waals surface area contributed by atoms with E-state index in [1.807, 2.05) is 25.1 Å². The van der Waals surface area contributed by atoms with Crippen molar-refractivity contribution >= 4 is 33.1 Å². The first-order valence-corrected chi connectivity index (χ1v) is 9.42. The number of amides is 1. The van der Waals surface area contributed by atoms with Crippen molar-refractivity contribution in [1.82, 2.24) is 15.5 Å². The zero-order chi connectivity index (χ0) is 18.5. The zero-order valence-corrected chi connectivity index (χ0v) is 15.4. The van der Waals surface area contributed by atoms with E-state index in [-0.39, 0.29) is 11.7 Å². The average molecular weight is 367 g/mol. The fourth-order valence-corrected chi connectivity index (χ4v) is 4.10. The molecule has 6 nitrogen and oxygen atoms in total. The summed E-state index contributed by atoms with van der Waals surface area (Å²) < 4.78 is 1.14. The topological polar surface area (TPSA) is 108 Å². The number of anilines is 1. The number of rotatable bonds is 7. The van der Waals surface area contributed by atoms with Gasteiger partial charge in [-0.25, -0.2) is 0 Å². The normalized spacial score (nSPS) is 10.8. The number of nitrogens with one attached hydrogen (secondary N) is 2. The summed E-state index contributed by atoms with van der Waals surface area (Å²) in [6.45, 7) is 2.64. The minimum absolute atomic E-state index is 0.00296. The van der Waals surface area contributed by atoms with Crippen LogP contribution in [-0.4, -0.2) is 22.6 Å². The predicted octanol–water partition coefficient (Wildman–Crippen LogP) is 3.53. The molecule has 0 spiro atoms. The standard InChI is InChI=1S/C19H21N5OS/c1-12-13-7-4-5-9-16(13)26-17(12)19(25)22-10-6-2-3-8-15-14(11-20)18(21)24-23-15/h4-5,7,9H,2-3,6,8,10H2,1H3,(H,22,25)(H3,21,23,24). The van der Waals surface area contributed by atoms with Gasteiger partial charge in [0.15, 0.2) is 5.82 Å². The van der Waals surface area contributed by atoms with Gasteiger partial charge in [0, 0.05) is 11.2 Å². The molecule has 0 aliphatic heterocycles. The van der Waals surface area contributed by atoms with Crippen molar-refractivity contribution in [3.63, 3.8) is 0 Å². The van der Waals surface area contributed by atoms with E-state index in [4.69, 9.17) is 11.0 Å². The number of carbonyl (C=O) groups excluding carboxylic acids is 1. The van der Waals surface area contributed by atoms with Crippen molar-refractivity contribution in [2.45, 2.75) is 32.6 Å². The molecule has 1 amide bonds. The minimum Gasteiger partial charge on any atom is -0.381 e. The summed E-state index contributed by atoms with van der Waals surface area (Å²) in [6, 6.07) is 10.2. The molecule has 0 saturated carbocycles. The molecule has 2 heterocycles. The van der Waals surface area contributed by atoms with Gasteiger partial charge >= 0.3 is 0 Å². The molecule has 1 aromatic carbocycles. The van der Waals surface area contributed by atoms with Gasteiger partial charge in [-0.3, -0.25) is 9.89 Å². The highest BCUT2D eigenvalue weighted by Gasteiger charge is 2.14. The fraction of sp³-hybridized carbons (Fsp3) is 0.316. The molecule has 0 bridgehead atoms. The van der Waals surface area contributed by atoms with E-state index < -0.39 is 0 Å². The lowest BCUT2D eigenvalue weighted by Crippen LogP contribution is -2.24. The Bertz CT molecular complexity index is 966. The Morgan fingerprint density at radius 1 is 1.35 bits per heavy atom. The van der Waals surface area contributed by atoms with Gasteiger partial charge in [-0.1, -0.05) is 24.6 Å². The average Bonchev–Trinajstić information content (AvgIpc) is 3.18. The Morgan fingerprint density at radius 3 is 2.92 bits per heavy atom. The number of H-pyrrole nitrogens is 1. The summed E-state index contributed by atoms with van der Waals surface area (Å²) in [6.07, 6.45) is 3.49. The third-order valence-electron chi connectivity index (χ3n) is 4.42. The van der Waals surface area contributed by atoms with Crippen molar-refractivity contribution < 1.29 is 4.79 Å². The fourth-order valence-electron chi connectivity index (χ4n) is 2.98. The molecule has 0 fully saturated rings. The maximum atomic E-state index is 12.4. The van der Waals surface area contributed by atoms with Crippen LogP contribution in [0.4, 0.5) is 5.82 Å². The first-order chi connectivity index (χ1) is 12.6. The lowest BCUT2D eigenvalue weighted by atomic mass is 10.1. The molecule has 26 heavy (non-hydrogen) atoms. The third kappa shape index (κ3) is 3.70. The van der Waals surface area contributed by atoms with Crippen molar-refractivity contribution in [2.24, 2.45) is 0 Å². The van der Waals surface area contributed by atoms with E-state index in [1.54, 1.807) is 0 Å². The quantitative estimate of drug-likeness (QED) is 0.555. The van der Waals surface area contributed by atoms with Gasteiger partial charge in [0.25, 0.3) is 5.91 Å². The number of unbranched alkanes of at least 4 members (excludes halogenated alkanes) is 2. The number of fused-ring (bicyclic) bond motifs is 1. The van der Waals surface area contributed by atoms with E-state index in [0.29, 0.717) is 12.1 Å². The first kappa shape index (κ1) is 18.0. The number of thiophene rings is 1. The van der Waals surface area contributed by atoms with Crippen molar-refractivity contribution in [2.75, 3.05) is 12.3 Å². The van der Waals surface area contributed by atoms with E-state index >= 15 is 0 Å². The van der Waals surface area contributed by atoms with Crippen LogP contribution in [0.15, 0.2) is 24.3 Å². The van der Waals surface area contributed by atoms with Crippen LogP contribution < -0.4 is 11.1 Å². The zero-order valence-electron chi connectivity index (χ0n) is 14.6. The SMILES string of the molecule is Cc1c(C(=O)NCCCCCc2[nH]nc(N)c2C#N)sc2ccccc12. The molecule has 3 rings (SSSR count). The molecule has 4 N–H and O–H groups in total. The summed E-state index contributed by atoms with van der Waals surface area (Å²) in [5.41, 5.74) is 7.90. The molecular weight excluding hydrogens is 346 g/mol. The summed E-state index contributed by atoms with van der Waals surface area (Å²) in [4.78, 5) is 13.2. The van der Waals surface area contributed by atoms with Crippen LogP contribution in [0.5, 0.6) is 0 Å². The van der Waals surface area contributed by atoms with Crippen molar-refractivity contribution in [1.29, 1.82) is 5.26 Å². The predicted molar refractivity (Wildman–Crippen MR) is 104 cm³/mol. The van der Waals surface area contributed by atoms with Crippen LogP contribution in [0, 0.1) is 18.3 Å². The van der Waals surface area contributed by atoms with E-state index in [2.05, 4.69) is 27.6 Å². The lowest BCUT2D eigenvalue weighted by molar-refractivity contribution is 0.0956. The summed E-state index contributed by atoms with van der Waals surface area (Å²) >= 11 is 1.54. The number of nitriles is 1. The van der Waals surface area contributed by atoms with E-state index in [9.17, 15) is 4.79 Å². The van der Waals surface area contributed by atoms with Gasteiger partial charge in [-0.15, -0.1) is 11.3 Å².